The second-order valence-corrected chi connectivity index (χ2v) is 5.07. The minimum Gasteiger partial charge on any atom is -0.481 e. The zero-order valence-corrected chi connectivity index (χ0v) is 11.6. The van der Waals surface area contributed by atoms with Gasteiger partial charge in [-0.15, -0.1) is 0 Å². The smallest absolute Gasteiger partial charge is 0.304 e. The van der Waals surface area contributed by atoms with E-state index in [1.165, 1.54) is 0 Å². The van der Waals surface area contributed by atoms with E-state index >= 15 is 0 Å². The van der Waals surface area contributed by atoms with E-state index in [9.17, 15) is 14.4 Å². The lowest BCUT2D eigenvalue weighted by molar-refractivity contribution is -0.136. The van der Waals surface area contributed by atoms with Crippen molar-refractivity contribution in [1.29, 1.82) is 0 Å². The monoisotopic (exact) mass is 275 g/mol. The quantitative estimate of drug-likeness (QED) is 0.594. The molecule has 0 radical (unpaired) electrons. The molecule has 1 amide bonds. The van der Waals surface area contributed by atoms with Gasteiger partial charge >= 0.3 is 5.97 Å². The second-order valence-electron chi connectivity index (χ2n) is 3.92. The Morgan fingerprint density at radius 3 is 2.44 bits per heavy atom. The van der Waals surface area contributed by atoms with Crippen LogP contribution >= 0.6 is 11.8 Å². The summed E-state index contributed by atoms with van der Waals surface area (Å²) in [6.45, 7) is 2.75. The van der Waals surface area contributed by atoms with Gasteiger partial charge in [0.25, 0.3) is 0 Å². The molecule has 0 atom stereocenters. The third-order valence-electron chi connectivity index (χ3n) is 2.24. The fourth-order valence-electron chi connectivity index (χ4n) is 1.23. The molecule has 0 rings (SSSR count). The van der Waals surface area contributed by atoms with E-state index < -0.39 is 5.97 Å². The molecular formula is C12H21NO4S. The number of unbranched alkanes of at least 4 members (excludes halogenated alkanes) is 2. The van der Waals surface area contributed by atoms with Crippen LogP contribution in [-0.4, -0.2) is 34.4 Å². The van der Waals surface area contributed by atoms with Gasteiger partial charge in [-0.3, -0.25) is 14.4 Å². The molecule has 0 bridgehead atoms. The topological polar surface area (TPSA) is 83.5 Å². The minimum absolute atomic E-state index is 0.0282. The first-order valence-corrected chi connectivity index (χ1v) is 7.19. The van der Waals surface area contributed by atoms with Crippen molar-refractivity contribution < 1.29 is 19.5 Å². The fourth-order valence-corrected chi connectivity index (χ4v) is 1.98. The van der Waals surface area contributed by atoms with Crippen molar-refractivity contribution >= 4 is 28.8 Å². The van der Waals surface area contributed by atoms with Crippen LogP contribution in [-0.2, 0) is 14.4 Å². The van der Waals surface area contributed by atoms with E-state index in [0.717, 1.165) is 31.0 Å². The Labute approximate surface area is 112 Å². The molecule has 0 aliphatic rings. The summed E-state index contributed by atoms with van der Waals surface area (Å²) in [5.74, 6) is -0.756. The molecule has 0 aromatic rings. The molecule has 0 unspecified atom stereocenters. The molecule has 2 N–H and O–H groups in total. The van der Waals surface area contributed by atoms with Crippen molar-refractivity contribution in [3.63, 3.8) is 0 Å². The maximum absolute atomic E-state index is 11.3. The predicted octanol–water partition coefficient (Wildman–Crippen LogP) is 1.81. The summed E-state index contributed by atoms with van der Waals surface area (Å²) >= 11 is 0.979. The van der Waals surface area contributed by atoms with E-state index in [2.05, 4.69) is 12.2 Å². The number of nitrogens with one attached hydrogen (secondary N) is 1. The molecule has 0 aromatic heterocycles. The molecule has 0 saturated carbocycles. The highest BCUT2D eigenvalue weighted by Gasteiger charge is 2.08. The minimum atomic E-state index is -0.913. The molecule has 0 saturated heterocycles. The third kappa shape index (κ3) is 11.4. The molecule has 18 heavy (non-hydrogen) atoms. The van der Waals surface area contributed by atoms with Gasteiger partial charge in [0.05, 0.1) is 6.42 Å². The molecule has 0 heterocycles. The SMILES string of the molecule is CCCCCNC(=O)CCC(=O)SCCC(=O)O. The van der Waals surface area contributed by atoms with Gasteiger partial charge in [-0.25, -0.2) is 0 Å². The van der Waals surface area contributed by atoms with Crippen molar-refractivity contribution in [2.75, 3.05) is 12.3 Å². The molecule has 6 heteroatoms. The van der Waals surface area contributed by atoms with Crippen molar-refractivity contribution in [1.82, 2.24) is 5.32 Å². The summed E-state index contributed by atoms with van der Waals surface area (Å²) in [6, 6.07) is 0. The number of carboxylic acids is 1. The van der Waals surface area contributed by atoms with Gasteiger partial charge in [0.2, 0.25) is 5.91 Å². The standard InChI is InChI=1S/C12H21NO4S/c1-2-3-4-8-13-10(14)5-6-12(17)18-9-7-11(15)16/h2-9H2,1H3,(H,13,14)(H,15,16). The number of carboxylic acid groups (broad SMARTS) is 1. The zero-order chi connectivity index (χ0) is 13.8. The Morgan fingerprint density at radius 2 is 1.83 bits per heavy atom. The summed E-state index contributed by atoms with van der Waals surface area (Å²) in [7, 11) is 0. The Bertz CT molecular complexity index is 281. The number of carbonyl (C=O) groups excluding carboxylic acids is 2. The van der Waals surface area contributed by atoms with Crippen molar-refractivity contribution in [2.45, 2.75) is 45.4 Å². The van der Waals surface area contributed by atoms with Gasteiger partial charge < -0.3 is 10.4 Å². The highest BCUT2D eigenvalue weighted by atomic mass is 32.2. The van der Waals surface area contributed by atoms with Gasteiger partial charge in [-0.1, -0.05) is 31.5 Å². The number of hydrogen-bond acceptors (Lipinski definition) is 4. The van der Waals surface area contributed by atoms with Gasteiger partial charge in [0, 0.05) is 25.1 Å². The first-order chi connectivity index (χ1) is 8.56. The van der Waals surface area contributed by atoms with Crippen molar-refractivity contribution in [3.8, 4) is 0 Å². The average molecular weight is 275 g/mol. The first-order valence-electron chi connectivity index (χ1n) is 6.20. The highest BCUT2D eigenvalue weighted by molar-refractivity contribution is 8.13. The van der Waals surface area contributed by atoms with Gasteiger partial charge in [0.1, 0.15) is 0 Å². The maximum Gasteiger partial charge on any atom is 0.304 e. The van der Waals surface area contributed by atoms with Crippen LogP contribution < -0.4 is 5.32 Å². The average Bonchev–Trinajstić information content (AvgIpc) is 2.31. The molecule has 0 fully saturated rings. The normalized spacial score (nSPS) is 10.1. The van der Waals surface area contributed by atoms with Crippen LogP contribution in [0.5, 0.6) is 0 Å². The Balaban J connectivity index is 3.47. The number of amides is 1. The van der Waals surface area contributed by atoms with Crippen LogP contribution in [0.1, 0.15) is 45.4 Å². The molecule has 5 nitrogen and oxygen atoms in total. The summed E-state index contributed by atoms with van der Waals surface area (Å²) in [5.41, 5.74) is 0. The molecule has 104 valence electrons. The summed E-state index contributed by atoms with van der Waals surface area (Å²) < 4.78 is 0. The van der Waals surface area contributed by atoms with E-state index in [4.69, 9.17) is 5.11 Å². The predicted molar refractivity (Wildman–Crippen MR) is 71.5 cm³/mol. The van der Waals surface area contributed by atoms with Crippen LogP contribution in [0.3, 0.4) is 0 Å². The number of rotatable bonds is 10. The Kier molecular flexibility index (Phi) is 10.4. The van der Waals surface area contributed by atoms with E-state index in [0.29, 0.717) is 6.54 Å². The summed E-state index contributed by atoms with van der Waals surface area (Å²) in [5, 5.41) is 11.0. The van der Waals surface area contributed by atoms with Gasteiger partial charge in [-0.2, -0.15) is 0 Å². The van der Waals surface area contributed by atoms with Gasteiger partial charge in [0.15, 0.2) is 5.12 Å². The molecule has 0 aliphatic carbocycles. The second kappa shape index (κ2) is 11.1. The van der Waals surface area contributed by atoms with Crippen LogP contribution in [0.15, 0.2) is 0 Å². The largest absolute Gasteiger partial charge is 0.481 e. The zero-order valence-electron chi connectivity index (χ0n) is 10.7. The van der Waals surface area contributed by atoms with Gasteiger partial charge in [-0.05, 0) is 6.42 Å². The van der Waals surface area contributed by atoms with E-state index in [-0.39, 0.29) is 36.0 Å². The lowest BCUT2D eigenvalue weighted by Gasteiger charge is -2.04. The van der Waals surface area contributed by atoms with Crippen LogP contribution in [0.2, 0.25) is 0 Å². The highest BCUT2D eigenvalue weighted by Crippen LogP contribution is 2.08. The van der Waals surface area contributed by atoms with Crippen LogP contribution in [0.25, 0.3) is 0 Å². The number of carbonyl (C=O) groups is 3. The maximum atomic E-state index is 11.3. The Morgan fingerprint density at radius 1 is 1.11 bits per heavy atom. The molecule has 0 aliphatic heterocycles. The first kappa shape index (κ1) is 17.0. The molecular weight excluding hydrogens is 254 g/mol. The number of aliphatic carboxylic acids is 1. The lowest BCUT2D eigenvalue weighted by atomic mass is 10.2. The van der Waals surface area contributed by atoms with E-state index in [1.54, 1.807) is 0 Å². The summed E-state index contributed by atoms with van der Waals surface area (Å²) in [4.78, 5) is 32.9. The summed E-state index contributed by atoms with van der Waals surface area (Å²) in [6.07, 6.45) is 3.48. The Hall–Kier alpha value is -1.04. The van der Waals surface area contributed by atoms with Crippen LogP contribution in [0, 0.1) is 0 Å². The van der Waals surface area contributed by atoms with Crippen molar-refractivity contribution in [3.05, 3.63) is 0 Å². The van der Waals surface area contributed by atoms with E-state index in [1.807, 2.05) is 0 Å². The fraction of sp³-hybridized carbons (Fsp3) is 0.750. The molecule has 0 aromatic carbocycles. The third-order valence-corrected chi connectivity index (χ3v) is 3.17. The molecule has 0 spiro atoms. The lowest BCUT2D eigenvalue weighted by Crippen LogP contribution is -2.24. The number of thioether (sulfide) groups is 1. The number of hydrogen-bond donors (Lipinski definition) is 2. The van der Waals surface area contributed by atoms with Crippen LogP contribution in [0.4, 0.5) is 0 Å². The van der Waals surface area contributed by atoms with Crippen molar-refractivity contribution in [2.24, 2.45) is 0 Å².